The van der Waals surface area contributed by atoms with Crippen molar-refractivity contribution in [3.05, 3.63) is 36.5 Å². The zero-order valence-corrected chi connectivity index (χ0v) is 68.6. The smallest absolute Gasteiger partial charge is 0.364 e. The molecule has 14 N–H and O–H groups in total. The number of aliphatic hydroxyl groups is 11. The number of nitrogens with one attached hydrogen (secondary N) is 2. The zero-order valence-electron chi connectivity index (χ0n) is 68.6. The predicted molar refractivity (Wildman–Crippen MR) is 431 cm³/mol. The lowest BCUT2D eigenvalue weighted by molar-refractivity contribution is -0.386. The van der Waals surface area contributed by atoms with E-state index in [1.807, 2.05) is 6.08 Å². The number of amides is 2. The normalized spacial score (nSPS) is 25.7. The van der Waals surface area contributed by atoms with E-state index in [4.69, 9.17) is 28.4 Å². The van der Waals surface area contributed by atoms with Gasteiger partial charge < -0.3 is 100 Å². The summed E-state index contributed by atoms with van der Waals surface area (Å²) in [5.74, 6) is -6.14. The molecule has 0 spiro atoms. The first kappa shape index (κ1) is 101. The van der Waals surface area contributed by atoms with E-state index in [1.54, 1.807) is 6.08 Å². The molecular formula is C87H160N2O21. The fraction of sp³-hybridized carbons (Fsp3) is 0.897. The highest BCUT2D eigenvalue weighted by Crippen LogP contribution is 2.39. The number of unbranched alkanes of at least 4 members (excludes halogenated alkanes) is 47. The second-order valence-corrected chi connectivity index (χ2v) is 32.1. The predicted octanol–water partition coefficient (Wildman–Crippen LogP) is 13.6. The summed E-state index contributed by atoms with van der Waals surface area (Å²) in [5, 5.41) is 137. The van der Waals surface area contributed by atoms with Gasteiger partial charge in [0.15, 0.2) is 12.6 Å². The molecule has 110 heavy (non-hydrogen) atoms. The van der Waals surface area contributed by atoms with Crippen molar-refractivity contribution >= 4 is 17.8 Å². The summed E-state index contributed by atoms with van der Waals surface area (Å²) in [6.07, 6.45) is 47.5. The van der Waals surface area contributed by atoms with Crippen LogP contribution in [-0.2, 0) is 42.8 Å². The number of carboxylic acids is 1. The summed E-state index contributed by atoms with van der Waals surface area (Å²) < 4.78 is 35.0. The van der Waals surface area contributed by atoms with Crippen molar-refractivity contribution in [1.82, 2.24) is 10.6 Å². The lowest BCUT2D eigenvalue weighted by Crippen LogP contribution is -2.70. The van der Waals surface area contributed by atoms with Crippen LogP contribution in [0, 0.1) is 0 Å². The molecule has 18 atom stereocenters. The Labute approximate surface area is 663 Å². The molecule has 0 aromatic rings. The van der Waals surface area contributed by atoms with E-state index < -0.39 is 155 Å². The first-order valence-corrected chi connectivity index (χ1v) is 44.4. The van der Waals surface area contributed by atoms with Crippen molar-refractivity contribution in [2.45, 2.75) is 471 Å². The van der Waals surface area contributed by atoms with Gasteiger partial charge >= 0.3 is 5.97 Å². The number of carbonyl (C=O) groups is 3. The molecule has 0 aliphatic carbocycles. The van der Waals surface area contributed by atoms with E-state index in [2.05, 4.69) is 48.8 Å². The van der Waals surface area contributed by atoms with Crippen molar-refractivity contribution in [2.75, 3.05) is 26.4 Å². The lowest BCUT2D eigenvalue weighted by Gasteiger charge is -2.50. The number of carboxylic acid groups (broad SMARTS) is 1. The zero-order chi connectivity index (χ0) is 80.3. The average Bonchev–Trinajstić information content (AvgIpc) is 0.760. The van der Waals surface area contributed by atoms with E-state index in [0.717, 1.165) is 58.3 Å². The van der Waals surface area contributed by atoms with Crippen molar-refractivity contribution in [3.8, 4) is 0 Å². The third-order valence-electron chi connectivity index (χ3n) is 22.3. The number of ether oxygens (including phenoxy) is 6. The Balaban J connectivity index is 1.47. The molecule has 3 aliphatic rings. The number of hydrogen-bond acceptors (Lipinski definition) is 20. The van der Waals surface area contributed by atoms with Gasteiger partial charge in [-0.15, -0.1) is 0 Å². The fourth-order valence-corrected chi connectivity index (χ4v) is 15.3. The number of allylic oxidation sites excluding steroid dienone is 5. The van der Waals surface area contributed by atoms with Gasteiger partial charge in [-0.2, -0.15) is 0 Å². The van der Waals surface area contributed by atoms with E-state index in [1.165, 1.54) is 263 Å². The van der Waals surface area contributed by atoms with Crippen LogP contribution in [0.4, 0.5) is 0 Å². The molecule has 0 radical (unpaired) electrons. The second-order valence-electron chi connectivity index (χ2n) is 32.1. The summed E-state index contributed by atoms with van der Waals surface area (Å²) in [6, 6.07) is -2.62. The minimum absolute atomic E-state index is 0.201. The number of aliphatic carboxylic acids is 1. The van der Waals surface area contributed by atoms with E-state index in [-0.39, 0.29) is 12.3 Å². The highest BCUT2D eigenvalue weighted by Gasteiger charge is 2.60. The summed E-state index contributed by atoms with van der Waals surface area (Å²) in [7, 11) is 0. The maximum absolute atomic E-state index is 13.6. The van der Waals surface area contributed by atoms with Crippen LogP contribution in [0.1, 0.15) is 361 Å². The molecule has 0 aromatic carbocycles. The maximum Gasteiger partial charge on any atom is 0.364 e. The molecule has 3 heterocycles. The molecular weight excluding hydrogens is 1410 g/mol. The molecule has 2 amide bonds. The van der Waals surface area contributed by atoms with Crippen LogP contribution in [0.15, 0.2) is 36.5 Å². The highest BCUT2D eigenvalue weighted by molar-refractivity contribution is 5.77. The van der Waals surface area contributed by atoms with Gasteiger partial charge in [0.05, 0.1) is 50.7 Å². The van der Waals surface area contributed by atoms with Crippen LogP contribution in [-0.4, -0.2) is 215 Å². The molecule has 3 aliphatic heterocycles. The Hall–Kier alpha value is -3.05. The molecule has 23 heteroatoms. The van der Waals surface area contributed by atoms with Crippen molar-refractivity contribution < 1.29 is 104 Å². The minimum Gasteiger partial charge on any atom is -0.477 e. The van der Waals surface area contributed by atoms with E-state index in [0.29, 0.717) is 12.8 Å². The number of aliphatic hydroxyl groups excluding tert-OH is 11. The van der Waals surface area contributed by atoms with Gasteiger partial charge in [0, 0.05) is 19.8 Å². The second kappa shape index (κ2) is 65.0. The van der Waals surface area contributed by atoms with Gasteiger partial charge in [0.2, 0.25) is 11.8 Å². The van der Waals surface area contributed by atoms with E-state index in [9.17, 15) is 75.7 Å². The number of rotatable bonds is 71. The largest absolute Gasteiger partial charge is 0.477 e. The first-order chi connectivity index (χ1) is 53.4. The molecule has 18 unspecified atom stereocenters. The lowest BCUT2D eigenvalue weighted by atomic mass is 9.88. The Morgan fingerprint density at radius 2 is 0.882 bits per heavy atom. The SMILES string of the molecule is CCCCCCCCCCC/C=C\C/C=C\CCCCCCCCCCCCCCCCCC(=O)NC(COC1OC(CO)C(OC2OC(CO)C(O)C(OC3(C(=O)O)CC(O)C(NC(C)=O)C(C(O)C(O)CO)O3)C2O)C(O)C1O)C(O)/C=C/CCCCCCCCCCCCCCCCCCCCCCCCC. The van der Waals surface area contributed by atoms with Crippen molar-refractivity contribution in [1.29, 1.82) is 0 Å². The molecule has 644 valence electrons. The van der Waals surface area contributed by atoms with Gasteiger partial charge in [-0.25, -0.2) is 4.79 Å². The summed E-state index contributed by atoms with van der Waals surface area (Å²) in [5.41, 5.74) is 0. The van der Waals surface area contributed by atoms with Gasteiger partial charge in [0.25, 0.3) is 5.79 Å². The van der Waals surface area contributed by atoms with Gasteiger partial charge in [-0.3, -0.25) is 9.59 Å². The number of hydrogen-bond donors (Lipinski definition) is 14. The molecule has 23 nitrogen and oxygen atoms in total. The molecule has 0 bridgehead atoms. The Morgan fingerprint density at radius 3 is 1.28 bits per heavy atom. The quantitative estimate of drug-likeness (QED) is 0.0199. The van der Waals surface area contributed by atoms with Gasteiger partial charge in [0.1, 0.15) is 67.1 Å². The molecule has 3 fully saturated rings. The van der Waals surface area contributed by atoms with Crippen molar-refractivity contribution in [2.24, 2.45) is 0 Å². The fourth-order valence-electron chi connectivity index (χ4n) is 15.3. The van der Waals surface area contributed by atoms with Crippen LogP contribution < -0.4 is 10.6 Å². The summed E-state index contributed by atoms with van der Waals surface area (Å²) in [6.45, 7) is 2.20. The van der Waals surface area contributed by atoms with Crippen LogP contribution in [0.3, 0.4) is 0 Å². The highest BCUT2D eigenvalue weighted by atomic mass is 16.8. The third kappa shape index (κ3) is 43.8. The summed E-state index contributed by atoms with van der Waals surface area (Å²) in [4.78, 5) is 38.8. The monoisotopic (exact) mass is 1570 g/mol. The Bertz CT molecular complexity index is 2320. The maximum atomic E-state index is 13.6. The third-order valence-corrected chi connectivity index (χ3v) is 22.3. The molecule has 3 saturated heterocycles. The van der Waals surface area contributed by atoms with Crippen LogP contribution >= 0.6 is 0 Å². The molecule has 0 saturated carbocycles. The standard InChI is InChI=1S/C87H160N2O21/c1-4-6-8-10-12-14-16-18-20-22-24-26-28-30-31-32-33-34-35-37-39-41-43-45-47-49-51-53-55-57-59-61-74(97)89-68(69(94)60-58-56-54-52-50-48-46-44-42-40-38-36-29-27-25-23-21-19-17-15-13-11-9-7-5-2)66-105-84-79(101)78(100)81(73(65-92)107-84)108-85-80(102)83(77(99)72(64-91)106-85)110-87(86(103)104)62-70(95)75(88-67(3)93)82(109-87)76(98)71(96)63-90/h24,26,30-31,58,60,68-73,75-85,90-92,94-96,98-102H,4-23,25,27-29,32-57,59,61-66H2,1-3H3,(H,88,93)(H,89,97)(H,103,104)/b26-24-,31-30-,60-58+. The van der Waals surface area contributed by atoms with Crippen LogP contribution in [0.5, 0.6) is 0 Å². The van der Waals surface area contributed by atoms with Gasteiger partial charge in [-0.1, -0.05) is 326 Å². The molecule has 3 rings (SSSR count). The van der Waals surface area contributed by atoms with Gasteiger partial charge in [-0.05, 0) is 51.4 Å². The topological polar surface area (TPSA) is 373 Å². The van der Waals surface area contributed by atoms with E-state index >= 15 is 0 Å². The molecule has 0 aromatic heterocycles. The average molecular weight is 1570 g/mol. The summed E-state index contributed by atoms with van der Waals surface area (Å²) >= 11 is 0. The number of carbonyl (C=O) groups excluding carboxylic acids is 2. The van der Waals surface area contributed by atoms with Crippen molar-refractivity contribution in [3.63, 3.8) is 0 Å². The minimum atomic E-state index is -3.08. The van der Waals surface area contributed by atoms with Crippen LogP contribution in [0.2, 0.25) is 0 Å². The Morgan fingerprint density at radius 1 is 0.482 bits per heavy atom. The van der Waals surface area contributed by atoms with Crippen LogP contribution in [0.25, 0.3) is 0 Å². The first-order valence-electron chi connectivity index (χ1n) is 44.4. The Kier molecular flexibility index (Phi) is 59.8.